The number of hydrogen-bond donors (Lipinski definition) is 1. The molecule has 14 heavy (non-hydrogen) atoms. The van der Waals surface area contributed by atoms with Crippen molar-refractivity contribution in [1.29, 1.82) is 0 Å². The zero-order valence-corrected chi connectivity index (χ0v) is 8.97. The van der Waals surface area contributed by atoms with E-state index in [1.807, 2.05) is 0 Å². The lowest BCUT2D eigenvalue weighted by Crippen LogP contribution is -2.26. The van der Waals surface area contributed by atoms with Crippen LogP contribution in [0.3, 0.4) is 0 Å². The Kier molecular flexibility index (Phi) is 2.54. The molecular weight excluding hydrogens is 249 g/mol. The van der Waals surface area contributed by atoms with Crippen molar-refractivity contribution < 1.29 is 9.18 Å². The second-order valence-corrected chi connectivity index (χ2v) is 4.20. The third-order valence-electron chi connectivity index (χ3n) is 2.11. The van der Waals surface area contributed by atoms with E-state index in [1.54, 1.807) is 12.1 Å². The Balaban J connectivity index is 2.21. The van der Waals surface area contributed by atoms with Gasteiger partial charge in [-0.1, -0.05) is 6.07 Å². The van der Waals surface area contributed by atoms with Gasteiger partial charge >= 0.3 is 0 Å². The van der Waals surface area contributed by atoms with Gasteiger partial charge in [-0.05, 0) is 40.9 Å². The topological polar surface area (TPSA) is 29.1 Å². The Morgan fingerprint density at radius 3 is 2.86 bits per heavy atom. The van der Waals surface area contributed by atoms with Crippen molar-refractivity contribution in [1.82, 2.24) is 5.32 Å². The van der Waals surface area contributed by atoms with Crippen LogP contribution in [0.5, 0.6) is 0 Å². The standard InChI is InChI=1S/C10H9BrFNO/c11-8-3-1-2-7(9(8)12)10(14)13-6-4-5-6/h1-3,6H,4-5H2,(H,13,14). The van der Waals surface area contributed by atoms with Gasteiger partial charge in [-0.3, -0.25) is 4.79 Å². The highest BCUT2D eigenvalue weighted by Crippen LogP contribution is 2.22. The second kappa shape index (κ2) is 3.69. The van der Waals surface area contributed by atoms with E-state index in [2.05, 4.69) is 21.2 Å². The van der Waals surface area contributed by atoms with Crippen molar-refractivity contribution in [3.63, 3.8) is 0 Å². The molecule has 0 heterocycles. The van der Waals surface area contributed by atoms with Gasteiger partial charge in [-0.25, -0.2) is 4.39 Å². The van der Waals surface area contributed by atoms with E-state index in [-0.39, 0.29) is 17.5 Å². The maximum absolute atomic E-state index is 13.4. The number of rotatable bonds is 2. The lowest BCUT2D eigenvalue weighted by atomic mass is 10.2. The highest BCUT2D eigenvalue weighted by Gasteiger charge is 2.25. The number of carbonyl (C=O) groups is 1. The fourth-order valence-corrected chi connectivity index (χ4v) is 1.54. The molecule has 0 unspecified atom stereocenters. The molecule has 0 aliphatic heterocycles. The molecule has 1 saturated carbocycles. The Hall–Kier alpha value is -0.900. The van der Waals surface area contributed by atoms with Gasteiger partial charge < -0.3 is 5.32 Å². The molecule has 1 aromatic carbocycles. The van der Waals surface area contributed by atoms with E-state index in [4.69, 9.17) is 0 Å². The van der Waals surface area contributed by atoms with Crippen molar-refractivity contribution >= 4 is 21.8 Å². The molecule has 1 N–H and O–H groups in total. The molecule has 1 aliphatic carbocycles. The van der Waals surface area contributed by atoms with Crippen molar-refractivity contribution in [2.75, 3.05) is 0 Å². The van der Waals surface area contributed by atoms with Gasteiger partial charge in [0.25, 0.3) is 5.91 Å². The molecule has 0 radical (unpaired) electrons. The molecular formula is C10H9BrFNO. The summed E-state index contributed by atoms with van der Waals surface area (Å²) in [6, 6.07) is 4.96. The van der Waals surface area contributed by atoms with Crippen LogP contribution in [0, 0.1) is 5.82 Å². The van der Waals surface area contributed by atoms with Crippen LogP contribution in [0.25, 0.3) is 0 Å². The van der Waals surface area contributed by atoms with E-state index >= 15 is 0 Å². The summed E-state index contributed by atoms with van der Waals surface area (Å²) in [7, 11) is 0. The van der Waals surface area contributed by atoms with Crippen LogP contribution in [0.1, 0.15) is 23.2 Å². The third-order valence-corrected chi connectivity index (χ3v) is 2.72. The molecule has 1 aliphatic rings. The zero-order valence-electron chi connectivity index (χ0n) is 7.39. The SMILES string of the molecule is O=C(NC1CC1)c1cccc(Br)c1F. The maximum Gasteiger partial charge on any atom is 0.254 e. The second-order valence-electron chi connectivity index (χ2n) is 3.35. The number of hydrogen-bond acceptors (Lipinski definition) is 1. The molecule has 0 aromatic heterocycles. The summed E-state index contributed by atoms with van der Waals surface area (Å²) in [4.78, 5) is 11.5. The molecule has 4 heteroatoms. The van der Waals surface area contributed by atoms with Gasteiger partial charge in [0.05, 0.1) is 10.0 Å². The minimum Gasteiger partial charge on any atom is -0.349 e. The molecule has 1 aromatic rings. The van der Waals surface area contributed by atoms with E-state index in [0.29, 0.717) is 4.47 Å². The predicted molar refractivity (Wildman–Crippen MR) is 54.6 cm³/mol. The summed E-state index contributed by atoms with van der Waals surface area (Å²) in [5.74, 6) is -0.822. The predicted octanol–water partition coefficient (Wildman–Crippen LogP) is 2.48. The Morgan fingerprint density at radius 2 is 2.21 bits per heavy atom. The monoisotopic (exact) mass is 257 g/mol. The Labute approximate surface area is 89.6 Å². The minimum atomic E-state index is -0.495. The van der Waals surface area contributed by atoms with Gasteiger partial charge in [-0.2, -0.15) is 0 Å². The summed E-state index contributed by atoms with van der Waals surface area (Å²) in [5, 5.41) is 2.74. The first-order chi connectivity index (χ1) is 6.68. The fraction of sp³-hybridized carbons (Fsp3) is 0.300. The average Bonchev–Trinajstić information content (AvgIpc) is 2.93. The van der Waals surface area contributed by atoms with Gasteiger partial charge in [0.15, 0.2) is 0 Å². The minimum absolute atomic E-state index is 0.103. The van der Waals surface area contributed by atoms with E-state index in [1.165, 1.54) is 6.07 Å². The first-order valence-corrected chi connectivity index (χ1v) is 5.22. The summed E-state index contributed by atoms with van der Waals surface area (Å²) in [6.45, 7) is 0. The lowest BCUT2D eigenvalue weighted by Gasteiger charge is -2.04. The van der Waals surface area contributed by atoms with Crippen LogP contribution in [0.15, 0.2) is 22.7 Å². The fourth-order valence-electron chi connectivity index (χ4n) is 1.17. The maximum atomic E-state index is 13.4. The Bertz CT molecular complexity index is 376. The molecule has 0 spiro atoms. The van der Waals surface area contributed by atoms with Gasteiger partial charge in [0, 0.05) is 6.04 Å². The van der Waals surface area contributed by atoms with Crippen LogP contribution in [-0.4, -0.2) is 11.9 Å². The molecule has 2 rings (SSSR count). The van der Waals surface area contributed by atoms with Crippen molar-refractivity contribution in [2.24, 2.45) is 0 Å². The number of halogens is 2. The molecule has 0 bridgehead atoms. The molecule has 74 valence electrons. The largest absolute Gasteiger partial charge is 0.349 e. The van der Waals surface area contributed by atoms with Crippen LogP contribution < -0.4 is 5.32 Å². The van der Waals surface area contributed by atoms with Crippen LogP contribution >= 0.6 is 15.9 Å². The van der Waals surface area contributed by atoms with Gasteiger partial charge in [0.1, 0.15) is 5.82 Å². The number of nitrogens with one attached hydrogen (secondary N) is 1. The number of benzene rings is 1. The van der Waals surface area contributed by atoms with E-state index < -0.39 is 5.82 Å². The third kappa shape index (κ3) is 1.95. The van der Waals surface area contributed by atoms with Crippen molar-refractivity contribution in [3.05, 3.63) is 34.1 Å². The smallest absolute Gasteiger partial charge is 0.254 e. The molecule has 2 nitrogen and oxygen atoms in total. The summed E-state index contributed by atoms with van der Waals surface area (Å²) in [5.41, 5.74) is 0.103. The van der Waals surface area contributed by atoms with E-state index in [0.717, 1.165) is 12.8 Å². The molecule has 1 amide bonds. The molecule has 0 atom stereocenters. The normalized spacial score (nSPS) is 15.3. The highest BCUT2D eigenvalue weighted by atomic mass is 79.9. The number of amides is 1. The van der Waals surface area contributed by atoms with E-state index in [9.17, 15) is 9.18 Å². The summed E-state index contributed by atoms with van der Waals surface area (Å²) in [6.07, 6.45) is 2.00. The van der Waals surface area contributed by atoms with Crippen LogP contribution in [0.2, 0.25) is 0 Å². The van der Waals surface area contributed by atoms with Crippen LogP contribution in [-0.2, 0) is 0 Å². The Morgan fingerprint density at radius 1 is 1.50 bits per heavy atom. The molecule has 1 fully saturated rings. The van der Waals surface area contributed by atoms with Crippen molar-refractivity contribution in [3.8, 4) is 0 Å². The number of carbonyl (C=O) groups excluding carboxylic acids is 1. The first kappa shape index (κ1) is 9.65. The van der Waals surface area contributed by atoms with Crippen molar-refractivity contribution in [2.45, 2.75) is 18.9 Å². The van der Waals surface area contributed by atoms with Gasteiger partial charge in [-0.15, -0.1) is 0 Å². The zero-order chi connectivity index (χ0) is 10.1. The lowest BCUT2D eigenvalue weighted by molar-refractivity contribution is 0.0947. The quantitative estimate of drug-likeness (QED) is 0.867. The summed E-state index contributed by atoms with van der Waals surface area (Å²) < 4.78 is 13.7. The van der Waals surface area contributed by atoms with Gasteiger partial charge in [0.2, 0.25) is 0 Å². The molecule has 0 saturated heterocycles. The highest BCUT2D eigenvalue weighted by molar-refractivity contribution is 9.10. The average molecular weight is 258 g/mol. The first-order valence-electron chi connectivity index (χ1n) is 4.43. The van der Waals surface area contributed by atoms with Crippen LogP contribution in [0.4, 0.5) is 4.39 Å². The summed E-state index contributed by atoms with van der Waals surface area (Å²) >= 11 is 3.04.